The van der Waals surface area contributed by atoms with Crippen LogP contribution in [-0.2, 0) is 25.6 Å². The summed E-state index contributed by atoms with van der Waals surface area (Å²) in [7, 11) is 1.23. The smallest absolute Gasteiger partial charge is 0.410 e. The van der Waals surface area contributed by atoms with Crippen LogP contribution < -0.4 is 11.4 Å². The first-order valence-electron chi connectivity index (χ1n) is 12.9. The van der Waals surface area contributed by atoms with Gasteiger partial charge < -0.3 is 20.1 Å². The number of esters is 1. The van der Waals surface area contributed by atoms with Gasteiger partial charge in [-0.1, -0.05) is 0 Å². The number of nitrogens with zero attached hydrogens (tertiary/aromatic N) is 3. The quantitative estimate of drug-likeness (QED) is 0.610. The molecule has 5 aliphatic rings. The third-order valence-corrected chi connectivity index (χ3v) is 9.17. The molecular weight excluding hydrogens is 483 g/mol. The van der Waals surface area contributed by atoms with Crippen molar-refractivity contribution in [3.63, 3.8) is 0 Å². The summed E-state index contributed by atoms with van der Waals surface area (Å²) in [5, 5.41) is 0. The highest BCUT2D eigenvalue weighted by Gasteiger charge is 2.59. The Morgan fingerprint density at radius 3 is 2.54 bits per heavy atom. The van der Waals surface area contributed by atoms with E-state index in [0.717, 1.165) is 19.3 Å². The molecule has 0 spiro atoms. The summed E-state index contributed by atoms with van der Waals surface area (Å²) in [5.74, 6) is -0.597. The predicted molar refractivity (Wildman–Crippen MR) is 129 cm³/mol. The molecule has 2 aromatic rings. The maximum absolute atomic E-state index is 14.0. The Morgan fingerprint density at radius 2 is 1.86 bits per heavy atom. The predicted octanol–water partition coefficient (Wildman–Crippen LogP) is 2.18. The van der Waals surface area contributed by atoms with Crippen LogP contribution in [0, 0.1) is 29.0 Å². The Morgan fingerprint density at radius 1 is 1.14 bits per heavy atom. The van der Waals surface area contributed by atoms with Gasteiger partial charge in [-0.2, -0.15) is 0 Å². The topological polar surface area (TPSA) is 126 Å². The minimum absolute atomic E-state index is 0.148. The van der Waals surface area contributed by atoms with Crippen molar-refractivity contribution in [2.45, 2.75) is 57.2 Å². The number of fused-ring (bicyclic) bond motifs is 1. The second-order valence-corrected chi connectivity index (χ2v) is 11.3. The fourth-order valence-corrected chi connectivity index (χ4v) is 7.73. The molecule has 2 heterocycles. The molecule has 10 nitrogen and oxygen atoms in total. The van der Waals surface area contributed by atoms with E-state index in [1.807, 2.05) is 0 Å². The van der Waals surface area contributed by atoms with Gasteiger partial charge in [0, 0.05) is 13.1 Å². The van der Waals surface area contributed by atoms with Crippen molar-refractivity contribution in [1.82, 2.24) is 14.0 Å². The van der Waals surface area contributed by atoms with Crippen molar-refractivity contribution >= 4 is 29.0 Å². The third-order valence-electron chi connectivity index (χ3n) is 9.17. The molecule has 1 aliphatic heterocycles. The van der Waals surface area contributed by atoms with Crippen LogP contribution in [0.1, 0.15) is 44.6 Å². The second-order valence-electron chi connectivity index (χ2n) is 11.3. The summed E-state index contributed by atoms with van der Waals surface area (Å²) < 4.78 is 27.5. The maximum atomic E-state index is 14.0. The number of carbonyl (C=O) groups is 3. The lowest BCUT2D eigenvalue weighted by Crippen LogP contribution is -2.59. The van der Waals surface area contributed by atoms with Crippen LogP contribution in [0.15, 0.2) is 23.0 Å². The normalized spacial score (nSPS) is 32.2. The first-order valence-corrected chi connectivity index (χ1v) is 12.9. The molecule has 0 radical (unpaired) electrons. The van der Waals surface area contributed by atoms with Crippen molar-refractivity contribution in [3.8, 4) is 0 Å². The lowest BCUT2D eigenvalue weighted by atomic mass is 9.48. The number of carbonyl (C=O) groups excluding carboxylic acids is 3. The number of hydrogen-bond acceptors (Lipinski definition) is 6. The van der Waals surface area contributed by atoms with Crippen molar-refractivity contribution in [2.75, 3.05) is 20.2 Å². The minimum atomic E-state index is -0.615. The molecule has 198 valence electrons. The maximum Gasteiger partial charge on any atom is 0.410 e. The molecule has 4 saturated carbocycles. The number of imidazole rings is 1. The molecule has 1 aromatic carbocycles. The van der Waals surface area contributed by atoms with Gasteiger partial charge >= 0.3 is 17.8 Å². The van der Waals surface area contributed by atoms with E-state index >= 15 is 0 Å². The molecule has 6 atom stereocenters. The van der Waals surface area contributed by atoms with E-state index in [0.29, 0.717) is 42.8 Å². The number of nitrogens with two attached hydrogens (primary N) is 1. The number of aromatic nitrogens is 2. The molecule has 2 N–H and O–H groups in total. The van der Waals surface area contributed by atoms with Gasteiger partial charge in [-0.05, 0) is 74.5 Å². The molecule has 5 fully saturated rings. The largest absolute Gasteiger partial charge is 0.468 e. The van der Waals surface area contributed by atoms with Gasteiger partial charge in [0.05, 0.1) is 29.6 Å². The zero-order valence-corrected chi connectivity index (χ0v) is 20.7. The van der Waals surface area contributed by atoms with E-state index in [4.69, 9.17) is 15.2 Å². The number of primary amides is 1. The lowest BCUT2D eigenvalue weighted by Gasteiger charge is -2.58. The van der Waals surface area contributed by atoms with Crippen molar-refractivity contribution in [2.24, 2.45) is 28.9 Å². The molecule has 4 aliphatic carbocycles. The van der Waals surface area contributed by atoms with Crippen molar-refractivity contribution < 1.29 is 28.2 Å². The standard InChI is InChI=1S/C26H31FN4O6/c1-36-21(32)13-30-20-8-17(27)2-3-19(20)31(24(30)34)18-4-5-29(12-18)25(35)37-22-15-6-14-7-16(22)11-26(9-14,10-15)23(28)33/h2-3,8,14-16,18,22H,4-7,9-13H2,1H3,(H2,28,33)/t14?,15-,16?,18?,22?,26?/m0/s1. The SMILES string of the molecule is COC(=O)Cn1c(=O)n(C2CCN(C(=O)OC3C4CC5C[C@H]3CC(C(N)=O)(C5)C4)C2)c2ccc(F)cc21. The Hall–Kier alpha value is -3.37. The van der Waals surface area contributed by atoms with Crippen LogP contribution in [0.5, 0.6) is 0 Å². The first-order chi connectivity index (χ1) is 17.7. The summed E-state index contributed by atoms with van der Waals surface area (Å²) in [6.45, 7) is 0.346. The molecular formula is C26H31FN4O6. The highest BCUT2D eigenvalue weighted by molar-refractivity contribution is 5.81. The van der Waals surface area contributed by atoms with Gasteiger partial charge in [0.15, 0.2) is 0 Å². The average molecular weight is 515 g/mol. The molecule has 2 amide bonds. The third kappa shape index (κ3) is 3.81. The van der Waals surface area contributed by atoms with Crippen LogP contribution in [0.25, 0.3) is 11.0 Å². The molecule has 37 heavy (non-hydrogen) atoms. The molecule has 1 aromatic heterocycles. The molecule has 4 bridgehead atoms. The number of likely N-dealkylation sites (tertiary alicyclic amines) is 1. The zero-order valence-electron chi connectivity index (χ0n) is 20.7. The summed E-state index contributed by atoms with van der Waals surface area (Å²) in [6, 6.07) is 3.67. The summed E-state index contributed by atoms with van der Waals surface area (Å²) in [5.41, 5.74) is 5.66. The van der Waals surface area contributed by atoms with E-state index in [-0.39, 0.29) is 43.0 Å². The van der Waals surface area contributed by atoms with Gasteiger partial charge in [-0.3, -0.25) is 18.7 Å². The molecule has 1 saturated heterocycles. The number of methoxy groups -OCH3 is 1. The van der Waals surface area contributed by atoms with E-state index in [1.54, 1.807) is 4.90 Å². The van der Waals surface area contributed by atoms with Gasteiger partial charge in [-0.25, -0.2) is 14.0 Å². The number of hydrogen-bond donors (Lipinski definition) is 1. The van der Waals surface area contributed by atoms with E-state index in [1.165, 1.54) is 34.4 Å². The van der Waals surface area contributed by atoms with Crippen LogP contribution in [0.2, 0.25) is 0 Å². The summed E-state index contributed by atoms with van der Waals surface area (Å²) in [6.07, 6.45) is 4.02. The van der Waals surface area contributed by atoms with Crippen molar-refractivity contribution in [1.29, 1.82) is 0 Å². The lowest BCUT2D eigenvalue weighted by molar-refractivity contribution is -0.161. The highest BCUT2D eigenvalue weighted by Crippen LogP contribution is 2.60. The Labute approximate surface area is 212 Å². The fraction of sp³-hybridized carbons (Fsp3) is 0.615. The van der Waals surface area contributed by atoms with Crippen LogP contribution >= 0.6 is 0 Å². The Balaban J connectivity index is 1.20. The molecule has 5 unspecified atom stereocenters. The fourth-order valence-electron chi connectivity index (χ4n) is 7.73. The summed E-state index contributed by atoms with van der Waals surface area (Å²) >= 11 is 0. The number of ether oxygens (including phenoxy) is 2. The number of benzene rings is 1. The highest BCUT2D eigenvalue weighted by atomic mass is 19.1. The minimum Gasteiger partial charge on any atom is -0.468 e. The number of halogens is 1. The zero-order chi connectivity index (χ0) is 26.1. The molecule has 11 heteroatoms. The number of amides is 2. The Bertz CT molecular complexity index is 1330. The van der Waals surface area contributed by atoms with Crippen molar-refractivity contribution in [3.05, 3.63) is 34.5 Å². The molecule has 7 rings (SSSR count). The van der Waals surface area contributed by atoms with E-state index in [9.17, 15) is 23.6 Å². The number of rotatable bonds is 5. The van der Waals surface area contributed by atoms with Crippen LogP contribution in [0.4, 0.5) is 9.18 Å². The van der Waals surface area contributed by atoms with Crippen LogP contribution in [0.3, 0.4) is 0 Å². The average Bonchev–Trinajstić information content (AvgIpc) is 3.44. The Kier molecular flexibility index (Phi) is 5.57. The van der Waals surface area contributed by atoms with Crippen LogP contribution in [-0.4, -0.2) is 58.3 Å². The van der Waals surface area contributed by atoms with Gasteiger partial charge in [-0.15, -0.1) is 0 Å². The van der Waals surface area contributed by atoms with Gasteiger partial charge in [0.25, 0.3) is 0 Å². The first kappa shape index (κ1) is 24.0. The monoisotopic (exact) mass is 514 g/mol. The van der Waals surface area contributed by atoms with Gasteiger partial charge in [0.2, 0.25) is 5.91 Å². The van der Waals surface area contributed by atoms with E-state index in [2.05, 4.69) is 0 Å². The van der Waals surface area contributed by atoms with Gasteiger partial charge in [0.1, 0.15) is 18.5 Å². The summed E-state index contributed by atoms with van der Waals surface area (Å²) in [4.78, 5) is 52.3. The van der Waals surface area contributed by atoms with E-state index < -0.39 is 29.0 Å². The second kappa shape index (κ2) is 8.59.